The molecule has 10 rings (SSSR count). The standard InChI is InChI=1S/C59H54N2O2/c1-35-19-23-47(39(5)31-35)60(48-24-20-36(2)32-40(48)6)51-27-29-53(62-9)57-55(51)43-15-11-13-17-45(43)59(57)46-18-14-12-16-44(46)56-52(28-30-54(63-10)58(56)59)61(49-25-21-37(3)33-41(49)7)50-26-22-38(4)34-42(50)8/h11-34H,1-10H3. The van der Waals surface area contributed by atoms with Gasteiger partial charge in [-0.25, -0.2) is 0 Å². The molecule has 0 radical (unpaired) electrons. The van der Waals surface area contributed by atoms with Crippen LogP contribution in [0, 0.1) is 55.4 Å². The van der Waals surface area contributed by atoms with Gasteiger partial charge in [0.1, 0.15) is 11.5 Å². The predicted molar refractivity (Wildman–Crippen MR) is 263 cm³/mol. The van der Waals surface area contributed by atoms with Gasteiger partial charge < -0.3 is 19.3 Å². The molecule has 0 fully saturated rings. The van der Waals surface area contributed by atoms with Crippen molar-refractivity contribution in [2.45, 2.75) is 60.8 Å². The SMILES string of the molecule is COc1ccc(N(c2ccc(C)cc2C)c2ccc(C)cc2C)c2c1C1(c3ccccc3-2)c2ccccc2-c2c(N(c3ccc(C)cc3C)c3ccc(C)cc3C)ccc(OC)c21. The molecule has 0 N–H and O–H groups in total. The number of methoxy groups -OCH3 is 2. The van der Waals surface area contributed by atoms with E-state index in [2.05, 4.69) is 211 Å². The van der Waals surface area contributed by atoms with Crippen molar-refractivity contribution in [1.29, 1.82) is 0 Å². The average molecular weight is 823 g/mol. The van der Waals surface area contributed by atoms with Crippen molar-refractivity contribution in [2.24, 2.45) is 0 Å². The summed E-state index contributed by atoms with van der Waals surface area (Å²) in [5.74, 6) is 1.67. The van der Waals surface area contributed by atoms with E-state index in [0.29, 0.717) is 0 Å². The molecule has 1 spiro atoms. The number of aryl methyl sites for hydroxylation is 8. The Balaban J connectivity index is 1.36. The number of fused-ring (bicyclic) bond motifs is 10. The molecule has 63 heavy (non-hydrogen) atoms. The molecule has 0 aliphatic heterocycles. The summed E-state index contributed by atoms with van der Waals surface area (Å²) in [4.78, 5) is 4.96. The van der Waals surface area contributed by atoms with Crippen molar-refractivity contribution in [3.63, 3.8) is 0 Å². The van der Waals surface area contributed by atoms with Gasteiger partial charge in [0.05, 0.1) is 31.0 Å². The molecule has 0 aromatic heterocycles. The Bertz CT molecular complexity index is 2840. The quantitative estimate of drug-likeness (QED) is 0.152. The summed E-state index contributed by atoms with van der Waals surface area (Å²) < 4.78 is 13.2. The second-order valence-electron chi connectivity index (χ2n) is 17.7. The van der Waals surface area contributed by atoms with Crippen LogP contribution in [0.25, 0.3) is 22.3 Å². The largest absolute Gasteiger partial charge is 0.496 e. The monoisotopic (exact) mass is 822 g/mol. The van der Waals surface area contributed by atoms with Crippen molar-refractivity contribution < 1.29 is 9.47 Å². The molecule has 4 nitrogen and oxygen atoms in total. The summed E-state index contributed by atoms with van der Waals surface area (Å²) in [6.45, 7) is 17.6. The number of rotatable bonds is 8. The van der Waals surface area contributed by atoms with Crippen LogP contribution in [0.5, 0.6) is 11.5 Å². The highest BCUT2D eigenvalue weighted by molar-refractivity contribution is 6.06. The van der Waals surface area contributed by atoms with Gasteiger partial charge in [-0.3, -0.25) is 0 Å². The van der Waals surface area contributed by atoms with Gasteiger partial charge in [0.2, 0.25) is 0 Å². The molecular formula is C59H54N2O2. The highest BCUT2D eigenvalue weighted by atomic mass is 16.5. The topological polar surface area (TPSA) is 24.9 Å². The molecule has 0 atom stereocenters. The van der Waals surface area contributed by atoms with Crippen LogP contribution in [0.1, 0.15) is 66.8 Å². The van der Waals surface area contributed by atoms with E-state index in [-0.39, 0.29) is 0 Å². The van der Waals surface area contributed by atoms with E-state index in [4.69, 9.17) is 9.47 Å². The maximum Gasteiger partial charge on any atom is 0.124 e. The van der Waals surface area contributed by atoms with E-state index in [0.717, 1.165) is 67.9 Å². The van der Waals surface area contributed by atoms with Crippen molar-refractivity contribution in [1.82, 2.24) is 0 Å². The molecule has 8 aromatic carbocycles. The first kappa shape index (κ1) is 40.1. The maximum absolute atomic E-state index is 6.60. The van der Waals surface area contributed by atoms with Gasteiger partial charge in [-0.2, -0.15) is 0 Å². The average Bonchev–Trinajstić information content (AvgIpc) is 3.75. The van der Waals surface area contributed by atoms with Gasteiger partial charge in [0, 0.05) is 45.0 Å². The van der Waals surface area contributed by atoms with Crippen molar-refractivity contribution >= 4 is 34.1 Å². The normalized spacial score (nSPS) is 12.7. The molecule has 0 heterocycles. The van der Waals surface area contributed by atoms with Gasteiger partial charge in [-0.1, -0.05) is 119 Å². The number of hydrogen-bond donors (Lipinski definition) is 0. The van der Waals surface area contributed by atoms with Crippen molar-refractivity contribution in [2.75, 3.05) is 24.0 Å². The van der Waals surface area contributed by atoms with E-state index in [1.807, 2.05) is 14.2 Å². The lowest BCUT2D eigenvalue weighted by Gasteiger charge is -2.35. The number of benzene rings is 8. The summed E-state index contributed by atoms with van der Waals surface area (Å²) in [7, 11) is 3.63. The Kier molecular flexibility index (Phi) is 9.60. The molecular weight excluding hydrogens is 769 g/mol. The predicted octanol–water partition coefficient (Wildman–Crippen LogP) is 15.5. The van der Waals surface area contributed by atoms with Crippen LogP contribution in [-0.2, 0) is 5.41 Å². The molecule has 0 bridgehead atoms. The first-order chi connectivity index (χ1) is 30.5. The van der Waals surface area contributed by atoms with Gasteiger partial charge in [0.25, 0.3) is 0 Å². The third kappa shape index (κ3) is 5.95. The van der Waals surface area contributed by atoms with Gasteiger partial charge in [-0.05, 0) is 148 Å². The Labute approximate surface area is 373 Å². The summed E-state index contributed by atoms with van der Waals surface area (Å²) in [5, 5.41) is 0. The van der Waals surface area contributed by atoms with E-state index in [1.54, 1.807) is 0 Å². The van der Waals surface area contributed by atoms with Crippen molar-refractivity contribution in [3.05, 3.63) is 212 Å². The Morgan fingerprint density at radius 1 is 0.349 bits per heavy atom. The molecule has 0 unspecified atom stereocenters. The second kappa shape index (κ2) is 15.1. The number of ether oxygens (including phenoxy) is 2. The van der Waals surface area contributed by atoms with Gasteiger partial charge >= 0.3 is 0 Å². The van der Waals surface area contributed by atoms with Crippen LogP contribution in [0.4, 0.5) is 34.1 Å². The maximum atomic E-state index is 6.60. The van der Waals surface area contributed by atoms with Crippen LogP contribution < -0.4 is 19.3 Å². The minimum absolute atomic E-state index is 0.798. The van der Waals surface area contributed by atoms with Gasteiger partial charge in [0.15, 0.2) is 0 Å². The zero-order chi connectivity index (χ0) is 43.9. The minimum Gasteiger partial charge on any atom is -0.496 e. The fourth-order valence-corrected chi connectivity index (χ4v) is 11.0. The Morgan fingerprint density at radius 3 is 0.952 bits per heavy atom. The van der Waals surface area contributed by atoms with E-state index in [1.165, 1.54) is 66.8 Å². The molecule has 0 saturated heterocycles. The summed E-state index contributed by atoms with van der Waals surface area (Å²) in [6, 6.07) is 54.1. The fourth-order valence-electron chi connectivity index (χ4n) is 11.0. The minimum atomic E-state index is -0.798. The highest BCUT2D eigenvalue weighted by Gasteiger charge is 2.56. The van der Waals surface area contributed by atoms with E-state index >= 15 is 0 Å². The smallest absolute Gasteiger partial charge is 0.124 e. The third-order valence-electron chi connectivity index (χ3n) is 13.5. The van der Waals surface area contributed by atoms with Crippen LogP contribution in [0.2, 0.25) is 0 Å². The first-order valence-corrected chi connectivity index (χ1v) is 22.0. The number of nitrogens with zero attached hydrogens (tertiary/aromatic N) is 2. The van der Waals surface area contributed by atoms with Crippen LogP contribution in [-0.4, -0.2) is 14.2 Å². The molecule has 2 aliphatic carbocycles. The lowest BCUT2D eigenvalue weighted by molar-refractivity contribution is 0.398. The summed E-state index contributed by atoms with van der Waals surface area (Å²) in [5.41, 5.74) is 25.1. The van der Waals surface area contributed by atoms with Crippen molar-refractivity contribution in [3.8, 4) is 33.8 Å². The zero-order valence-electron chi connectivity index (χ0n) is 38.1. The lowest BCUT2D eigenvalue weighted by atomic mass is 9.69. The van der Waals surface area contributed by atoms with Crippen LogP contribution >= 0.6 is 0 Å². The third-order valence-corrected chi connectivity index (χ3v) is 13.5. The summed E-state index contributed by atoms with van der Waals surface area (Å²) >= 11 is 0. The molecule has 0 saturated carbocycles. The number of hydrogen-bond acceptors (Lipinski definition) is 4. The lowest BCUT2D eigenvalue weighted by Crippen LogP contribution is -2.27. The van der Waals surface area contributed by atoms with Crippen LogP contribution in [0.3, 0.4) is 0 Å². The highest BCUT2D eigenvalue weighted by Crippen LogP contribution is 2.70. The van der Waals surface area contributed by atoms with E-state index in [9.17, 15) is 0 Å². The molecule has 312 valence electrons. The second-order valence-corrected chi connectivity index (χ2v) is 17.7. The zero-order valence-corrected chi connectivity index (χ0v) is 38.1. The van der Waals surface area contributed by atoms with Gasteiger partial charge in [-0.15, -0.1) is 0 Å². The van der Waals surface area contributed by atoms with Crippen LogP contribution in [0.15, 0.2) is 146 Å². The Morgan fingerprint density at radius 2 is 0.651 bits per heavy atom. The molecule has 2 aliphatic rings. The molecule has 4 heteroatoms. The van der Waals surface area contributed by atoms with E-state index < -0.39 is 5.41 Å². The number of anilines is 6. The first-order valence-electron chi connectivity index (χ1n) is 22.0. The Hall–Kier alpha value is -7.04. The fraction of sp³-hybridized carbons (Fsp3) is 0.186. The summed E-state index contributed by atoms with van der Waals surface area (Å²) in [6.07, 6.45) is 0. The molecule has 0 amide bonds. The molecule has 8 aromatic rings.